The summed E-state index contributed by atoms with van der Waals surface area (Å²) in [4.78, 5) is 12.6. The zero-order chi connectivity index (χ0) is 16.9. The summed E-state index contributed by atoms with van der Waals surface area (Å²) in [5.41, 5.74) is 7.37. The van der Waals surface area contributed by atoms with Crippen LogP contribution in [0.1, 0.15) is 28.8 Å². The Kier molecular flexibility index (Phi) is 7.29. The Labute approximate surface area is 162 Å². The van der Waals surface area contributed by atoms with E-state index in [4.69, 9.17) is 10.5 Å². The van der Waals surface area contributed by atoms with Gasteiger partial charge in [0.15, 0.2) is 0 Å². The fraction of sp³-hybridized carbons (Fsp3) is 0.316. The molecule has 1 saturated carbocycles. The molecule has 3 rings (SSSR count). The molecule has 4 nitrogen and oxygen atoms in total. The van der Waals surface area contributed by atoms with E-state index in [1.165, 1.54) is 0 Å². The molecule has 0 radical (unpaired) electrons. The lowest BCUT2D eigenvalue weighted by Crippen LogP contribution is -2.41. The van der Waals surface area contributed by atoms with Crippen molar-refractivity contribution in [2.45, 2.75) is 25.5 Å². The average molecular weight is 426 g/mol. The summed E-state index contributed by atoms with van der Waals surface area (Å²) in [6.07, 6.45) is 2.29. The topological polar surface area (TPSA) is 64.3 Å². The van der Waals surface area contributed by atoms with E-state index in [-0.39, 0.29) is 24.4 Å². The first kappa shape index (κ1) is 19.8. The maximum absolute atomic E-state index is 12.6. The first-order chi connectivity index (χ1) is 11.7. The zero-order valence-electron chi connectivity index (χ0n) is 13.8. The number of halogens is 2. The molecule has 1 amide bonds. The van der Waals surface area contributed by atoms with Gasteiger partial charge in [0.1, 0.15) is 12.4 Å². The van der Waals surface area contributed by atoms with Crippen LogP contribution in [0.3, 0.4) is 0 Å². The molecule has 0 saturated heterocycles. The molecule has 2 aromatic rings. The van der Waals surface area contributed by atoms with Crippen LogP contribution in [-0.4, -0.2) is 18.5 Å². The highest BCUT2D eigenvalue weighted by Gasteiger charge is 2.31. The summed E-state index contributed by atoms with van der Waals surface area (Å²) in [6.45, 7) is 0.888. The van der Waals surface area contributed by atoms with Crippen LogP contribution in [-0.2, 0) is 6.61 Å². The summed E-state index contributed by atoms with van der Waals surface area (Å²) in [5, 5.41) is 3.04. The van der Waals surface area contributed by atoms with Crippen molar-refractivity contribution in [2.24, 2.45) is 11.7 Å². The van der Waals surface area contributed by atoms with E-state index >= 15 is 0 Å². The third-order valence-electron chi connectivity index (χ3n) is 4.20. The number of para-hydroxylation sites is 1. The Bertz CT molecular complexity index is 705. The lowest BCUT2D eigenvalue weighted by Gasteiger charge is -2.17. The van der Waals surface area contributed by atoms with Crippen LogP contribution in [0.15, 0.2) is 53.0 Å². The highest BCUT2D eigenvalue weighted by Crippen LogP contribution is 2.32. The third kappa shape index (κ3) is 5.46. The van der Waals surface area contributed by atoms with Crippen molar-refractivity contribution in [3.8, 4) is 5.75 Å². The number of carbonyl (C=O) groups is 1. The van der Waals surface area contributed by atoms with Crippen molar-refractivity contribution >= 4 is 34.2 Å². The second-order valence-electron chi connectivity index (χ2n) is 6.06. The quantitative estimate of drug-likeness (QED) is 0.707. The van der Waals surface area contributed by atoms with Gasteiger partial charge >= 0.3 is 0 Å². The number of nitrogens with two attached hydrogens (primary N) is 1. The summed E-state index contributed by atoms with van der Waals surface area (Å²) < 4.78 is 6.89. The molecule has 134 valence electrons. The zero-order valence-corrected chi connectivity index (χ0v) is 16.2. The minimum Gasteiger partial charge on any atom is -0.488 e. The molecule has 1 atom stereocenters. The van der Waals surface area contributed by atoms with Crippen LogP contribution < -0.4 is 15.8 Å². The van der Waals surface area contributed by atoms with Gasteiger partial charge in [0, 0.05) is 17.1 Å². The minimum absolute atomic E-state index is 0. The molecule has 1 aliphatic carbocycles. The van der Waals surface area contributed by atoms with Crippen molar-refractivity contribution < 1.29 is 9.53 Å². The molecule has 1 fully saturated rings. The van der Waals surface area contributed by atoms with Gasteiger partial charge < -0.3 is 15.8 Å². The normalized spacial score (nSPS) is 14.3. The van der Waals surface area contributed by atoms with Crippen LogP contribution in [0.2, 0.25) is 0 Å². The van der Waals surface area contributed by atoms with Gasteiger partial charge in [-0.25, -0.2) is 0 Å². The van der Waals surface area contributed by atoms with Gasteiger partial charge in [-0.1, -0.05) is 40.2 Å². The molecule has 0 aliphatic heterocycles. The number of hydrogen-bond donors (Lipinski definition) is 2. The van der Waals surface area contributed by atoms with Crippen molar-refractivity contribution in [1.82, 2.24) is 5.32 Å². The molecule has 3 N–H and O–H groups in total. The van der Waals surface area contributed by atoms with Gasteiger partial charge in [-0.3, -0.25) is 4.79 Å². The minimum atomic E-state index is -0.122. The fourth-order valence-corrected chi connectivity index (χ4v) is 2.90. The summed E-state index contributed by atoms with van der Waals surface area (Å²) >= 11 is 3.41. The third-order valence-corrected chi connectivity index (χ3v) is 4.73. The van der Waals surface area contributed by atoms with Gasteiger partial charge in [0.25, 0.3) is 5.91 Å². The molecule has 0 spiro atoms. The molecule has 6 heteroatoms. The maximum atomic E-state index is 12.6. The first-order valence-electron chi connectivity index (χ1n) is 8.14. The Morgan fingerprint density at radius 1 is 1.20 bits per heavy atom. The molecule has 0 bridgehead atoms. The van der Waals surface area contributed by atoms with Crippen LogP contribution in [0.4, 0.5) is 0 Å². The molecule has 0 heterocycles. The van der Waals surface area contributed by atoms with Crippen molar-refractivity contribution in [3.63, 3.8) is 0 Å². The Hall–Kier alpha value is -1.56. The van der Waals surface area contributed by atoms with E-state index in [2.05, 4.69) is 21.2 Å². The number of hydrogen-bond acceptors (Lipinski definition) is 3. The van der Waals surface area contributed by atoms with Gasteiger partial charge in [0.2, 0.25) is 0 Å². The molecule has 0 aromatic heterocycles. The second-order valence-corrected chi connectivity index (χ2v) is 6.98. The molecule has 1 unspecified atom stereocenters. The predicted molar refractivity (Wildman–Crippen MR) is 105 cm³/mol. The Morgan fingerprint density at radius 2 is 1.88 bits per heavy atom. The SMILES string of the molecule is Cl.NCC(NC(=O)c1ccccc1OCc1ccc(Br)cc1)C1CC1. The highest BCUT2D eigenvalue weighted by atomic mass is 79.9. The number of nitrogens with one attached hydrogen (secondary N) is 1. The van der Waals surface area contributed by atoms with Gasteiger partial charge in [-0.2, -0.15) is 0 Å². The lowest BCUT2D eigenvalue weighted by atomic mass is 10.1. The van der Waals surface area contributed by atoms with Crippen LogP contribution in [0, 0.1) is 5.92 Å². The number of amides is 1. The fourth-order valence-electron chi connectivity index (χ4n) is 2.64. The molecular weight excluding hydrogens is 404 g/mol. The van der Waals surface area contributed by atoms with Gasteiger partial charge in [-0.05, 0) is 48.6 Å². The highest BCUT2D eigenvalue weighted by molar-refractivity contribution is 9.10. The first-order valence-corrected chi connectivity index (χ1v) is 8.94. The molecule has 1 aliphatic rings. The van der Waals surface area contributed by atoms with E-state index in [0.717, 1.165) is 22.9 Å². The van der Waals surface area contributed by atoms with Crippen LogP contribution >= 0.6 is 28.3 Å². The van der Waals surface area contributed by atoms with Crippen molar-refractivity contribution in [1.29, 1.82) is 0 Å². The van der Waals surface area contributed by atoms with Crippen molar-refractivity contribution in [2.75, 3.05) is 6.54 Å². The average Bonchev–Trinajstić information content (AvgIpc) is 3.44. The largest absolute Gasteiger partial charge is 0.488 e. The van der Waals surface area contributed by atoms with Crippen LogP contribution in [0.25, 0.3) is 0 Å². The van der Waals surface area contributed by atoms with Gasteiger partial charge in [0.05, 0.1) is 5.56 Å². The van der Waals surface area contributed by atoms with E-state index in [0.29, 0.717) is 30.4 Å². The predicted octanol–water partition coefficient (Wildman–Crippen LogP) is 3.92. The molecule has 25 heavy (non-hydrogen) atoms. The number of benzene rings is 2. The van der Waals surface area contributed by atoms with E-state index in [1.54, 1.807) is 6.07 Å². The van der Waals surface area contributed by atoms with E-state index in [9.17, 15) is 4.79 Å². The monoisotopic (exact) mass is 424 g/mol. The summed E-state index contributed by atoms with van der Waals surface area (Å²) in [6, 6.07) is 15.3. The van der Waals surface area contributed by atoms with Crippen molar-refractivity contribution in [3.05, 3.63) is 64.1 Å². The smallest absolute Gasteiger partial charge is 0.255 e. The number of ether oxygens (including phenoxy) is 1. The van der Waals surface area contributed by atoms with E-state index < -0.39 is 0 Å². The van der Waals surface area contributed by atoms with Crippen LogP contribution in [0.5, 0.6) is 5.75 Å². The molecule has 2 aromatic carbocycles. The lowest BCUT2D eigenvalue weighted by molar-refractivity contribution is 0.0929. The summed E-state index contributed by atoms with van der Waals surface area (Å²) in [5.74, 6) is 0.989. The summed E-state index contributed by atoms with van der Waals surface area (Å²) in [7, 11) is 0. The maximum Gasteiger partial charge on any atom is 0.255 e. The van der Waals surface area contributed by atoms with E-state index in [1.807, 2.05) is 42.5 Å². The molecular formula is C19H22BrClN2O2. The second kappa shape index (κ2) is 9.22. The number of rotatable bonds is 7. The Morgan fingerprint density at radius 3 is 2.52 bits per heavy atom. The Balaban J connectivity index is 0.00000225. The van der Waals surface area contributed by atoms with Gasteiger partial charge in [-0.15, -0.1) is 12.4 Å². The standard InChI is InChI=1S/C19H21BrN2O2.ClH/c20-15-9-5-13(6-10-15)12-24-18-4-2-1-3-16(18)19(23)22-17(11-21)14-7-8-14;/h1-6,9-10,14,17H,7-8,11-12,21H2,(H,22,23);1H. The number of carbonyl (C=O) groups excluding carboxylic acids is 1.